The molecule has 1 fully saturated rings. The molecule has 1 saturated heterocycles. The molecule has 37 heavy (non-hydrogen) atoms. The summed E-state index contributed by atoms with van der Waals surface area (Å²) in [6, 6.07) is 24.5. The van der Waals surface area contributed by atoms with Gasteiger partial charge in [-0.2, -0.15) is 0 Å². The van der Waals surface area contributed by atoms with Crippen LogP contribution >= 0.6 is 0 Å². The van der Waals surface area contributed by atoms with E-state index in [1.54, 1.807) is 21.3 Å². The summed E-state index contributed by atoms with van der Waals surface area (Å²) in [6.07, 6.45) is 6.04. The first-order valence-electron chi connectivity index (χ1n) is 12.6. The van der Waals surface area contributed by atoms with Gasteiger partial charge in [-0.15, -0.1) is 0 Å². The second-order valence-electron chi connectivity index (χ2n) is 9.33. The van der Waals surface area contributed by atoms with Crippen molar-refractivity contribution in [3.8, 4) is 17.2 Å². The number of nitrogens with zero attached hydrogens (tertiary/aromatic N) is 1. The first-order chi connectivity index (χ1) is 18.0. The summed E-state index contributed by atoms with van der Waals surface area (Å²) in [5, 5.41) is 9.51. The van der Waals surface area contributed by atoms with E-state index < -0.39 is 11.4 Å². The molecule has 0 aliphatic carbocycles. The molecule has 1 aliphatic rings. The van der Waals surface area contributed by atoms with Gasteiger partial charge in [0, 0.05) is 13.1 Å². The number of aliphatic carboxylic acids is 1. The molecule has 0 amide bonds. The molecule has 1 unspecified atom stereocenters. The highest BCUT2D eigenvalue weighted by Gasteiger charge is 2.34. The number of methoxy groups -OCH3 is 3. The Morgan fingerprint density at radius 2 is 1.27 bits per heavy atom. The predicted molar refractivity (Wildman–Crippen MR) is 145 cm³/mol. The van der Waals surface area contributed by atoms with Crippen molar-refractivity contribution in [2.24, 2.45) is 5.92 Å². The Labute approximate surface area is 219 Å². The summed E-state index contributed by atoms with van der Waals surface area (Å²) >= 11 is 0. The molecule has 4 rings (SSSR count). The van der Waals surface area contributed by atoms with Crippen molar-refractivity contribution >= 4 is 5.97 Å². The van der Waals surface area contributed by atoms with Crippen LogP contribution in [0.2, 0.25) is 0 Å². The highest BCUT2D eigenvalue weighted by Crippen LogP contribution is 2.42. The molecule has 1 aliphatic heterocycles. The van der Waals surface area contributed by atoms with Gasteiger partial charge in [-0.1, -0.05) is 48.6 Å². The number of carbonyl (C=O) groups is 1. The van der Waals surface area contributed by atoms with Crippen LogP contribution in [0.25, 0.3) is 0 Å². The molecule has 0 radical (unpaired) electrons. The lowest BCUT2D eigenvalue weighted by Crippen LogP contribution is -2.38. The Kier molecular flexibility index (Phi) is 8.51. The van der Waals surface area contributed by atoms with E-state index in [-0.39, 0.29) is 5.92 Å². The van der Waals surface area contributed by atoms with Gasteiger partial charge in [-0.3, -0.25) is 9.69 Å². The average molecular weight is 502 g/mol. The molecular formula is C31H35NO5. The van der Waals surface area contributed by atoms with Crippen LogP contribution < -0.4 is 14.2 Å². The zero-order valence-electron chi connectivity index (χ0n) is 21.7. The lowest BCUT2D eigenvalue weighted by Gasteiger charge is -2.34. The fourth-order valence-electron chi connectivity index (χ4n) is 5.15. The van der Waals surface area contributed by atoms with Crippen LogP contribution in [-0.4, -0.2) is 56.9 Å². The largest absolute Gasteiger partial charge is 0.497 e. The maximum Gasteiger partial charge on any atom is 0.307 e. The van der Waals surface area contributed by atoms with Crippen LogP contribution in [0.4, 0.5) is 0 Å². The summed E-state index contributed by atoms with van der Waals surface area (Å²) in [4.78, 5) is 13.8. The maximum absolute atomic E-state index is 11.6. The minimum Gasteiger partial charge on any atom is -0.497 e. The number of likely N-dealkylation sites (tertiary alicyclic amines) is 1. The fraction of sp³-hybridized carbons (Fsp3) is 0.323. The summed E-state index contributed by atoms with van der Waals surface area (Å²) < 4.78 is 16.3. The number of hydrogen-bond acceptors (Lipinski definition) is 5. The standard InChI is InChI=1S/C31H35NO5/c1-35-27-13-7-24(8-14-27)31(25-9-15-28(36-2)16-10-25,26-11-17-29(37-3)18-12-26)19-5-21-32-20-4-6-23(22-32)30(33)34/h5,7-19,23H,4,6,20-22H2,1-3H3,(H,33,34)/b19-5+. The zero-order chi connectivity index (χ0) is 26.3. The molecule has 1 heterocycles. The third-order valence-corrected chi connectivity index (χ3v) is 7.22. The van der Waals surface area contributed by atoms with Crippen LogP contribution in [0.15, 0.2) is 84.9 Å². The molecule has 0 aromatic heterocycles. The van der Waals surface area contributed by atoms with Crippen LogP contribution in [0.3, 0.4) is 0 Å². The van der Waals surface area contributed by atoms with E-state index in [1.165, 1.54) is 0 Å². The third-order valence-electron chi connectivity index (χ3n) is 7.22. The van der Waals surface area contributed by atoms with E-state index in [4.69, 9.17) is 14.2 Å². The lowest BCUT2D eigenvalue weighted by molar-refractivity contribution is -0.143. The van der Waals surface area contributed by atoms with Gasteiger partial charge in [0.1, 0.15) is 17.2 Å². The van der Waals surface area contributed by atoms with Crippen molar-refractivity contribution in [3.05, 3.63) is 102 Å². The van der Waals surface area contributed by atoms with Gasteiger partial charge in [0.15, 0.2) is 0 Å². The minimum atomic E-state index is -0.710. The average Bonchev–Trinajstić information content (AvgIpc) is 2.96. The van der Waals surface area contributed by atoms with Gasteiger partial charge in [-0.25, -0.2) is 0 Å². The highest BCUT2D eigenvalue weighted by molar-refractivity contribution is 5.70. The smallest absolute Gasteiger partial charge is 0.307 e. The molecule has 6 heteroatoms. The van der Waals surface area contributed by atoms with Gasteiger partial charge in [0.2, 0.25) is 0 Å². The highest BCUT2D eigenvalue weighted by atomic mass is 16.5. The number of ether oxygens (including phenoxy) is 3. The van der Waals surface area contributed by atoms with Crippen molar-refractivity contribution in [1.29, 1.82) is 0 Å². The Balaban J connectivity index is 1.81. The molecule has 3 aromatic carbocycles. The number of carboxylic acid groups (broad SMARTS) is 1. The topological polar surface area (TPSA) is 68.2 Å². The molecule has 0 bridgehead atoms. The van der Waals surface area contributed by atoms with Crippen molar-refractivity contribution in [3.63, 3.8) is 0 Å². The first-order valence-corrected chi connectivity index (χ1v) is 12.6. The van der Waals surface area contributed by atoms with Gasteiger partial charge < -0.3 is 19.3 Å². The van der Waals surface area contributed by atoms with Gasteiger partial charge in [-0.05, 0) is 72.5 Å². The van der Waals surface area contributed by atoms with Gasteiger partial charge in [0.05, 0.1) is 32.7 Å². The van der Waals surface area contributed by atoms with Crippen molar-refractivity contribution in [2.45, 2.75) is 18.3 Å². The summed E-state index contributed by atoms with van der Waals surface area (Å²) in [6.45, 7) is 2.14. The SMILES string of the molecule is COc1ccc(C(/C=C/CN2CCCC(C(=O)O)C2)(c2ccc(OC)cc2)c2ccc(OC)cc2)cc1. The molecule has 0 spiro atoms. The number of hydrogen-bond donors (Lipinski definition) is 1. The molecule has 1 atom stereocenters. The second kappa shape index (κ2) is 12.0. The Morgan fingerprint density at radius 1 is 0.838 bits per heavy atom. The summed E-state index contributed by atoms with van der Waals surface area (Å²) in [5.41, 5.74) is 2.65. The van der Waals surface area contributed by atoms with E-state index in [0.29, 0.717) is 13.1 Å². The van der Waals surface area contributed by atoms with Gasteiger partial charge >= 0.3 is 5.97 Å². The molecular weight excluding hydrogens is 466 g/mol. The third kappa shape index (κ3) is 5.81. The number of benzene rings is 3. The Morgan fingerprint density at radius 3 is 1.65 bits per heavy atom. The first kappa shape index (κ1) is 26.3. The van der Waals surface area contributed by atoms with E-state index in [0.717, 1.165) is 53.3 Å². The molecule has 3 aromatic rings. The van der Waals surface area contributed by atoms with Crippen LogP contribution in [0.5, 0.6) is 17.2 Å². The quantitative estimate of drug-likeness (QED) is 0.296. The number of piperidine rings is 1. The monoisotopic (exact) mass is 501 g/mol. The summed E-state index contributed by atoms with van der Waals surface area (Å²) in [5.74, 6) is 1.35. The number of carboxylic acids is 1. The molecule has 6 nitrogen and oxygen atoms in total. The molecule has 194 valence electrons. The maximum atomic E-state index is 11.6. The second-order valence-corrected chi connectivity index (χ2v) is 9.33. The van der Waals surface area contributed by atoms with E-state index in [2.05, 4.69) is 53.5 Å². The zero-order valence-corrected chi connectivity index (χ0v) is 21.7. The van der Waals surface area contributed by atoms with E-state index >= 15 is 0 Å². The van der Waals surface area contributed by atoms with Crippen LogP contribution in [0.1, 0.15) is 29.5 Å². The predicted octanol–water partition coefficient (Wildman–Crippen LogP) is 5.40. The van der Waals surface area contributed by atoms with Crippen LogP contribution in [0, 0.1) is 5.92 Å². The Hall–Kier alpha value is -3.77. The van der Waals surface area contributed by atoms with Gasteiger partial charge in [0.25, 0.3) is 0 Å². The normalized spacial score (nSPS) is 16.5. The number of allylic oxidation sites excluding steroid dienone is 1. The molecule has 0 saturated carbocycles. The van der Waals surface area contributed by atoms with Crippen molar-refractivity contribution in [2.75, 3.05) is 41.0 Å². The lowest BCUT2D eigenvalue weighted by atomic mass is 9.69. The fourth-order valence-corrected chi connectivity index (χ4v) is 5.15. The van der Waals surface area contributed by atoms with Crippen molar-refractivity contribution < 1.29 is 24.1 Å². The number of rotatable bonds is 10. The van der Waals surface area contributed by atoms with Crippen molar-refractivity contribution in [1.82, 2.24) is 4.90 Å². The van der Waals surface area contributed by atoms with E-state index in [9.17, 15) is 9.90 Å². The van der Waals surface area contributed by atoms with E-state index in [1.807, 2.05) is 36.4 Å². The molecule has 1 N–H and O–H groups in total. The van der Waals surface area contributed by atoms with Crippen LogP contribution in [-0.2, 0) is 10.2 Å². The summed E-state index contributed by atoms with van der Waals surface area (Å²) in [7, 11) is 4.99. The Bertz CT molecular complexity index is 1070. The minimum absolute atomic E-state index is 0.309.